The molecule has 1 aliphatic rings. The van der Waals surface area contributed by atoms with E-state index in [1.807, 2.05) is 37.3 Å². The molecule has 4 nitrogen and oxygen atoms in total. The maximum absolute atomic E-state index is 12.6. The van der Waals surface area contributed by atoms with E-state index in [0.717, 1.165) is 15.6 Å². The van der Waals surface area contributed by atoms with Crippen LogP contribution in [0.4, 0.5) is 5.82 Å². The molecule has 1 atom stereocenters. The molecule has 2 aromatic rings. The molecule has 2 amide bonds. The zero-order chi connectivity index (χ0) is 15.0. The van der Waals surface area contributed by atoms with Crippen molar-refractivity contribution in [2.45, 2.75) is 19.3 Å². The summed E-state index contributed by atoms with van der Waals surface area (Å²) in [5.74, 6) is -0.445. The van der Waals surface area contributed by atoms with E-state index in [4.69, 9.17) is 0 Å². The molecule has 5 heteroatoms. The van der Waals surface area contributed by atoms with Gasteiger partial charge in [-0.1, -0.05) is 28.1 Å². The number of hydrogen-bond donors (Lipinski definition) is 0. The Labute approximate surface area is 130 Å². The molecule has 1 aromatic heterocycles. The van der Waals surface area contributed by atoms with Crippen LogP contribution < -0.4 is 4.90 Å². The van der Waals surface area contributed by atoms with Crippen molar-refractivity contribution in [3.8, 4) is 0 Å². The highest BCUT2D eigenvalue weighted by Crippen LogP contribution is 2.33. The number of hydrogen-bond acceptors (Lipinski definition) is 3. The smallest absolute Gasteiger partial charge is 0.243 e. The average molecular weight is 345 g/mol. The number of pyridine rings is 1. The van der Waals surface area contributed by atoms with Gasteiger partial charge in [-0.15, -0.1) is 0 Å². The highest BCUT2D eigenvalue weighted by Gasteiger charge is 2.41. The molecule has 1 aliphatic heterocycles. The van der Waals surface area contributed by atoms with Crippen LogP contribution in [0.2, 0.25) is 0 Å². The maximum atomic E-state index is 12.6. The van der Waals surface area contributed by atoms with Crippen molar-refractivity contribution in [3.05, 3.63) is 58.2 Å². The van der Waals surface area contributed by atoms with Crippen LogP contribution in [0.1, 0.15) is 23.5 Å². The lowest BCUT2D eigenvalue weighted by atomic mass is 9.98. The Balaban J connectivity index is 1.96. The third kappa shape index (κ3) is 2.61. The zero-order valence-corrected chi connectivity index (χ0v) is 13.0. The van der Waals surface area contributed by atoms with Gasteiger partial charge in [-0.05, 0) is 42.3 Å². The number of aryl methyl sites for hydroxylation is 1. The van der Waals surface area contributed by atoms with Gasteiger partial charge in [0.25, 0.3) is 0 Å². The summed E-state index contributed by atoms with van der Waals surface area (Å²) >= 11 is 3.39. The summed E-state index contributed by atoms with van der Waals surface area (Å²) in [5, 5.41) is 0. The summed E-state index contributed by atoms with van der Waals surface area (Å²) in [6, 6.07) is 11.1. The van der Waals surface area contributed by atoms with Gasteiger partial charge in [0.05, 0.1) is 5.92 Å². The van der Waals surface area contributed by atoms with E-state index >= 15 is 0 Å². The number of rotatable bonds is 2. The van der Waals surface area contributed by atoms with E-state index in [1.165, 1.54) is 4.90 Å². The summed E-state index contributed by atoms with van der Waals surface area (Å²) < 4.78 is 0.896. The fourth-order valence-electron chi connectivity index (χ4n) is 2.50. The lowest BCUT2D eigenvalue weighted by molar-refractivity contribution is -0.121. The molecule has 2 heterocycles. The molecule has 21 heavy (non-hydrogen) atoms. The second-order valence-electron chi connectivity index (χ2n) is 5.07. The molecule has 106 valence electrons. The number of carbonyl (C=O) groups is 2. The fourth-order valence-corrected chi connectivity index (χ4v) is 2.92. The molecule has 1 aromatic carbocycles. The van der Waals surface area contributed by atoms with Gasteiger partial charge in [-0.25, -0.2) is 9.88 Å². The van der Waals surface area contributed by atoms with Crippen LogP contribution in [0.5, 0.6) is 0 Å². The van der Waals surface area contributed by atoms with Gasteiger partial charge in [0.1, 0.15) is 5.82 Å². The summed E-state index contributed by atoms with van der Waals surface area (Å²) in [6.45, 7) is 1.90. The third-order valence-electron chi connectivity index (χ3n) is 3.53. The Morgan fingerprint density at radius 2 is 2.05 bits per heavy atom. The topological polar surface area (TPSA) is 50.3 Å². The third-order valence-corrected chi connectivity index (χ3v) is 4.02. The second kappa shape index (κ2) is 5.41. The normalized spacial score (nSPS) is 18.4. The Hall–Kier alpha value is -2.01. The van der Waals surface area contributed by atoms with E-state index < -0.39 is 5.92 Å². The Kier molecular flexibility index (Phi) is 3.59. The van der Waals surface area contributed by atoms with Gasteiger partial charge in [0.2, 0.25) is 11.8 Å². The number of halogens is 1. The molecule has 0 spiro atoms. The fraction of sp³-hybridized carbons (Fsp3) is 0.188. The van der Waals surface area contributed by atoms with Crippen molar-refractivity contribution >= 4 is 33.6 Å². The highest BCUT2D eigenvalue weighted by molar-refractivity contribution is 9.10. The van der Waals surface area contributed by atoms with Gasteiger partial charge in [0, 0.05) is 17.1 Å². The first-order chi connectivity index (χ1) is 10.1. The quantitative estimate of drug-likeness (QED) is 0.786. The molecular weight excluding hydrogens is 332 g/mol. The van der Waals surface area contributed by atoms with Crippen molar-refractivity contribution < 1.29 is 9.59 Å². The van der Waals surface area contributed by atoms with E-state index in [2.05, 4.69) is 20.9 Å². The minimum Gasteiger partial charge on any atom is -0.274 e. The summed E-state index contributed by atoms with van der Waals surface area (Å²) in [5.41, 5.74) is 1.81. The van der Waals surface area contributed by atoms with E-state index in [9.17, 15) is 9.59 Å². The maximum Gasteiger partial charge on any atom is 0.243 e. The lowest BCUT2D eigenvalue weighted by Crippen LogP contribution is -2.30. The number of benzene rings is 1. The van der Waals surface area contributed by atoms with Crippen molar-refractivity contribution in [2.24, 2.45) is 0 Å². The van der Waals surface area contributed by atoms with Crippen molar-refractivity contribution in [3.63, 3.8) is 0 Å². The largest absolute Gasteiger partial charge is 0.274 e. The van der Waals surface area contributed by atoms with Gasteiger partial charge in [-0.2, -0.15) is 0 Å². The highest BCUT2D eigenvalue weighted by atomic mass is 79.9. The molecule has 0 radical (unpaired) electrons. The monoisotopic (exact) mass is 344 g/mol. The summed E-state index contributed by atoms with van der Waals surface area (Å²) in [4.78, 5) is 30.1. The predicted molar refractivity (Wildman–Crippen MR) is 83.0 cm³/mol. The lowest BCUT2D eigenvalue weighted by Gasteiger charge is -2.14. The van der Waals surface area contributed by atoms with Crippen molar-refractivity contribution in [1.29, 1.82) is 0 Å². The summed E-state index contributed by atoms with van der Waals surface area (Å²) in [7, 11) is 0. The second-order valence-corrected chi connectivity index (χ2v) is 5.99. The van der Waals surface area contributed by atoms with Crippen LogP contribution in [0.25, 0.3) is 0 Å². The Morgan fingerprint density at radius 1 is 1.24 bits per heavy atom. The molecule has 0 N–H and O–H groups in total. The van der Waals surface area contributed by atoms with Crippen molar-refractivity contribution in [2.75, 3.05) is 4.90 Å². The molecule has 1 fully saturated rings. The first-order valence-electron chi connectivity index (χ1n) is 6.61. The number of imide groups is 1. The molecule has 0 aliphatic carbocycles. The van der Waals surface area contributed by atoms with E-state index in [-0.39, 0.29) is 18.2 Å². The number of anilines is 1. The van der Waals surface area contributed by atoms with Crippen LogP contribution >= 0.6 is 15.9 Å². The number of carbonyl (C=O) groups excluding carboxylic acids is 2. The van der Waals surface area contributed by atoms with Gasteiger partial charge in [-0.3, -0.25) is 9.59 Å². The van der Waals surface area contributed by atoms with Gasteiger partial charge in [0.15, 0.2) is 0 Å². The predicted octanol–water partition coefficient (Wildman–Crippen LogP) is 3.20. The Morgan fingerprint density at radius 3 is 2.76 bits per heavy atom. The molecule has 3 rings (SSSR count). The molecule has 1 saturated heterocycles. The van der Waals surface area contributed by atoms with Crippen LogP contribution in [-0.4, -0.2) is 16.8 Å². The Bertz CT molecular complexity index is 730. The molecule has 0 saturated carbocycles. The van der Waals surface area contributed by atoms with Gasteiger partial charge >= 0.3 is 0 Å². The standard InChI is InChI=1S/C16H13BrN2O2/c1-10-5-6-18-14(7-10)19-15(20)9-13(16(19)21)11-3-2-4-12(17)8-11/h2-8,13H,9H2,1H3. The molecule has 0 bridgehead atoms. The summed E-state index contributed by atoms with van der Waals surface area (Å²) in [6.07, 6.45) is 1.79. The SMILES string of the molecule is Cc1ccnc(N2C(=O)CC(c3cccc(Br)c3)C2=O)c1. The zero-order valence-electron chi connectivity index (χ0n) is 11.4. The minimum absolute atomic E-state index is 0.185. The number of amides is 2. The van der Waals surface area contributed by atoms with Crippen LogP contribution in [0, 0.1) is 6.92 Å². The first kappa shape index (κ1) is 13.9. The van der Waals surface area contributed by atoms with Crippen LogP contribution in [-0.2, 0) is 9.59 Å². The minimum atomic E-state index is -0.433. The van der Waals surface area contributed by atoms with Gasteiger partial charge < -0.3 is 0 Å². The van der Waals surface area contributed by atoms with E-state index in [0.29, 0.717) is 5.82 Å². The van der Waals surface area contributed by atoms with Crippen LogP contribution in [0.3, 0.4) is 0 Å². The van der Waals surface area contributed by atoms with Crippen molar-refractivity contribution in [1.82, 2.24) is 4.98 Å². The first-order valence-corrected chi connectivity index (χ1v) is 7.40. The molecular formula is C16H13BrN2O2. The number of aromatic nitrogens is 1. The van der Waals surface area contributed by atoms with Crippen LogP contribution in [0.15, 0.2) is 47.1 Å². The number of nitrogens with zero attached hydrogens (tertiary/aromatic N) is 2. The molecule has 1 unspecified atom stereocenters. The van der Waals surface area contributed by atoms with E-state index in [1.54, 1.807) is 12.3 Å². The average Bonchev–Trinajstić information content (AvgIpc) is 2.74.